The molecular formula is C8H18N2O2. The molecule has 4 heteroatoms. The number of aliphatic carboxylic acids is 1. The van der Waals surface area contributed by atoms with Crippen LogP contribution >= 0.6 is 0 Å². The Morgan fingerprint density at radius 3 is 2.25 bits per heavy atom. The molecule has 5 N–H and O–H groups in total. The molecule has 0 heterocycles. The van der Waals surface area contributed by atoms with E-state index >= 15 is 0 Å². The van der Waals surface area contributed by atoms with Gasteiger partial charge < -0.3 is 16.6 Å². The maximum Gasteiger partial charge on any atom is 0.303 e. The molecule has 4 nitrogen and oxygen atoms in total. The van der Waals surface area contributed by atoms with E-state index in [4.69, 9.17) is 16.6 Å². The van der Waals surface area contributed by atoms with E-state index in [1.54, 1.807) is 0 Å². The van der Waals surface area contributed by atoms with E-state index in [0.29, 0.717) is 0 Å². The molecule has 0 spiro atoms. The minimum Gasteiger partial charge on any atom is -0.481 e. The smallest absolute Gasteiger partial charge is 0.303 e. The lowest BCUT2D eigenvalue weighted by atomic mass is 10.1. The van der Waals surface area contributed by atoms with Crippen molar-refractivity contribution in [3.63, 3.8) is 0 Å². The van der Waals surface area contributed by atoms with Crippen LogP contribution in [-0.2, 0) is 4.79 Å². The van der Waals surface area contributed by atoms with E-state index in [-0.39, 0.29) is 12.6 Å². The summed E-state index contributed by atoms with van der Waals surface area (Å²) < 4.78 is 0. The molecule has 0 aromatic rings. The quantitative estimate of drug-likeness (QED) is 0.390. The van der Waals surface area contributed by atoms with Crippen LogP contribution in [-0.4, -0.2) is 17.2 Å². The summed E-state index contributed by atoms with van der Waals surface area (Å²) >= 11 is 0. The Morgan fingerprint density at radius 2 is 1.75 bits per heavy atom. The summed E-state index contributed by atoms with van der Waals surface area (Å²) in [6, 6.07) is 0. The lowest BCUT2D eigenvalue weighted by Crippen LogP contribution is -2.29. The molecule has 0 aliphatic heterocycles. The zero-order chi connectivity index (χ0) is 9.40. The summed E-state index contributed by atoms with van der Waals surface area (Å²) in [5.74, 6) is -0.717. The fourth-order valence-corrected chi connectivity index (χ4v) is 1.01. The summed E-state index contributed by atoms with van der Waals surface area (Å²) in [6.07, 6.45) is 4.62. The zero-order valence-corrected chi connectivity index (χ0v) is 7.33. The highest BCUT2D eigenvalue weighted by Crippen LogP contribution is 2.05. The number of carboxylic acid groups (broad SMARTS) is 1. The predicted octanol–water partition coefficient (Wildman–Crippen LogP) is 0.655. The Balaban J connectivity index is 2.96. The normalized spacial score (nSPS) is 10.6. The summed E-state index contributed by atoms with van der Waals surface area (Å²) in [5, 5.41) is 8.32. The lowest BCUT2D eigenvalue weighted by molar-refractivity contribution is -0.137. The van der Waals surface area contributed by atoms with Gasteiger partial charge in [0.15, 0.2) is 0 Å². The molecule has 72 valence electrons. The highest BCUT2D eigenvalue weighted by atomic mass is 16.4. The van der Waals surface area contributed by atoms with Gasteiger partial charge in [0.1, 0.15) is 0 Å². The topological polar surface area (TPSA) is 89.3 Å². The Hall–Kier alpha value is -0.610. The molecule has 0 atom stereocenters. The van der Waals surface area contributed by atoms with Crippen LogP contribution in [0.3, 0.4) is 0 Å². The molecule has 0 bridgehead atoms. The number of hydrogen-bond donors (Lipinski definition) is 3. The standard InChI is InChI=1S/C8H18N2O2/c9-7(10)5-3-1-2-4-6-8(11)12/h7H,1-6,9-10H2,(H,11,12). The number of hydrogen-bond acceptors (Lipinski definition) is 3. The number of carbonyl (C=O) groups is 1. The van der Waals surface area contributed by atoms with Crippen LogP contribution < -0.4 is 11.5 Å². The number of unbranched alkanes of at least 4 members (excludes halogenated alkanes) is 3. The van der Waals surface area contributed by atoms with Crippen molar-refractivity contribution in [2.45, 2.75) is 44.7 Å². The van der Waals surface area contributed by atoms with Gasteiger partial charge in [-0.2, -0.15) is 0 Å². The molecule has 0 unspecified atom stereocenters. The Bertz CT molecular complexity index is 126. The van der Waals surface area contributed by atoms with E-state index < -0.39 is 5.97 Å². The van der Waals surface area contributed by atoms with Gasteiger partial charge in [-0.1, -0.05) is 19.3 Å². The molecule has 0 saturated heterocycles. The van der Waals surface area contributed by atoms with Crippen LogP contribution in [0.2, 0.25) is 0 Å². The molecule has 0 radical (unpaired) electrons. The fourth-order valence-electron chi connectivity index (χ4n) is 1.01. The van der Waals surface area contributed by atoms with E-state index in [1.165, 1.54) is 0 Å². The number of nitrogens with two attached hydrogens (primary N) is 2. The van der Waals surface area contributed by atoms with Crippen molar-refractivity contribution in [3.05, 3.63) is 0 Å². The minimum absolute atomic E-state index is 0.218. The maximum absolute atomic E-state index is 10.1. The van der Waals surface area contributed by atoms with Crippen molar-refractivity contribution in [1.82, 2.24) is 0 Å². The first-order valence-corrected chi connectivity index (χ1v) is 4.36. The molecule has 0 amide bonds. The number of carboxylic acids is 1. The van der Waals surface area contributed by atoms with Gasteiger partial charge in [-0.3, -0.25) is 4.79 Å². The molecule has 0 aliphatic carbocycles. The first-order valence-electron chi connectivity index (χ1n) is 4.36. The van der Waals surface area contributed by atoms with Gasteiger partial charge in [0, 0.05) is 6.42 Å². The highest BCUT2D eigenvalue weighted by Gasteiger charge is 1.97. The monoisotopic (exact) mass is 174 g/mol. The average Bonchev–Trinajstić information content (AvgIpc) is 1.95. The molecule has 0 aromatic carbocycles. The first-order chi connectivity index (χ1) is 5.63. The molecule has 0 saturated carbocycles. The van der Waals surface area contributed by atoms with Crippen molar-refractivity contribution >= 4 is 5.97 Å². The average molecular weight is 174 g/mol. The van der Waals surface area contributed by atoms with Crippen molar-refractivity contribution in [3.8, 4) is 0 Å². The van der Waals surface area contributed by atoms with Gasteiger partial charge in [0.05, 0.1) is 6.17 Å². The van der Waals surface area contributed by atoms with E-state index in [2.05, 4.69) is 0 Å². The van der Waals surface area contributed by atoms with Gasteiger partial charge >= 0.3 is 5.97 Å². The summed E-state index contributed by atoms with van der Waals surface area (Å²) in [5.41, 5.74) is 10.7. The summed E-state index contributed by atoms with van der Waals surface area (Å²) in [7, 11) is 0. The van der Waals surface area contributed by atoms with Crippen LogP contribution in [0.1, 0.15) is 38.5 Å². The van der Waals surface area contributed by atoms with Crippen molar-refractivity contribution in [2.75, 3.05) is 0 Å². The van der Waals surface area contributed by atoms with E-state index in [9.17, 15) is 4.79 Å². The van der Waals surface area contributed by atoms with Gasteiger partial charge in [-0.15, -0.1) is 0 Å². The van der Waals surface area contributed by atoms with Crippen LogP contribution in [0.4, 0.5) is 0 Å². The number of rotatable bonds is 7. The van der Waals surface area contributed by atoms with Gasteiger partial charge in [0.2, 0.25) is 0 Å². The summed E-state index contributed by atoms with van der Waals surface area (Å²) in [6.45, 7) is 0. The SMILES string of the molecule is NC(N)CCCCCCC(=O)O. The second-order valence-electron chi connectivity index (χ2n) is 3.01. The van der Waals surface area contributed by atoms with E-state index in [1.807, 2.05) is 0 Å². The Kier molecular flexibility index (Phi) is 6.70. The van der Waals surface area contributed by atoms with Crippen LogP contribution in [0.25, 0.3) is 0 Å². The van der Waals surface area contributed by atoms with Gasteiger partial charge in [-0.25, -0.2) is 0 Å². The molecular weight excluding hydrogens is 156 g/mol. The molecule has 0 rings (SSSR count). The second kappa shape index (κ2) is 7.06. The largest absolute Gasteiger partial charge is 0.481 e. The Labute approximate surface area is 72.9 Å². The molecule has 0 aliphatic rings. The van der Waals surface area contributed by atoms with Crippen LogP contribution in [0, 0.1) is 0 Å². The molecule has 0 aromatic heterocycles. The lowest BCUT2D eigenvalue weighted by Gasteiger charge is -2.03. The van der Waals surface area contributed by atoms with Crippen LogP contribution in [0.5, 0.6) is 0 Å². The fraction of sp³-hybridized carbons (Fsp3) is 0.875. The maximum atomic E-state index is 10.1. The third-order valence-electron chi connectivity index (χ3n) is 1.68. The second-order valence-corrected chi connectivity index (χ2v) is 3.01. The zero-order valence-electron chi connectivity index (χ0n) is 7.33. The highest BCUT2D eigenvalue weighted by molar-refractivity contribution is 5.66. The molecule has 12 heavy (non-hydrogen) atoms. The third kappa shape index (κ3) is 9.39. The third-order valence-corrected chi connectivity index (χ3v) is 1.68. The van der Waals surface area contributed by atoms with E-state index in [0.717, 1.165) is 32.1 Å². The first kappa shape index (κ1) is 11.4. The Morgan fingerprint density at radius 1 is 1.17 bits per heavy atom. The molecule has 0 fully saturated rings. The van der Waals surface area contributed by atoms with Gasteiger partial charge in [-0.05, 0) is 12.8 Å². The van der Waals surface area contributed by atoms with Gasteiger partial charge in [0.25, 0.3) is 0 Å². The predicted molar refractivity (Wildman–Crippen MR) is 47.5 cm³/mol. The summed E-state index contributed by atoms with van der Waals surface area (Å²) in [4.78, 5) is 10.1. The van der Waals surface area contributed by atoms with Crippen molar-refractivity contribution in [2.24, 2.45) is 11.5 Å². The van der Waals surface area contributed by atoms with Crippen molar-refractivity contribution in [1.29, 1.82) is 0 Å². The van der Waals surface area contributed by atoms with Crippen LogP contribution in [0.15, 0.2) is 0 Å². The van der Waals surface area contributed by atoms with Crippen molar-refractivity contribution < 1.29 is 9.90 Å². The minimum atomic E-state index is -0.717.